The Labute approximate surface area is 105 Å². The molecule has 4 heteroatoms. The molecule has 0 aliphatic carbocycles. The number of nitrogens with zero attached hydrogens (tertiary/aromatic N) is 1. The van der Waals surface area contributed by atoms with Crippen molar-refractivity contribution in [3.63, 3.8) is 0 Å². The molecule has 0 bridgehead atoms. The highest BCUT2D eigenvalue weighted by Crippen LogP contribution is 2.26. The molecule has 0 fully saturated rings. The number of benzene rings is 1. The van der Waals surface area contributed by atoms with Crippen molar-refractivity contribution in [1.82, 2.24) is 9.97 Å². The zero-order chi connectivity index (χ0) is 10.7. The van der Waals surface area contributed by atoms with E-state index in [1.807, 2.05) is 30.4 Å². The van der Waals surface area contributed by atoms with E-state index in [0.29, 0.717) is 0 Å². The van der Waals surface area contributed by atoms with Crippen molar-refractivity contribution in [2.24, 2.45) is 0 Å². The second kappa shape index (κ2) is 4.77. The van der Waals surface area contributed by atoms with E-state index >= 15 is 0 Å². The Morgan fingerprint density at radius 3 is 2.47 bits per heavy atom. The van der Waals surface area contributed by atoms with Crippen molar-refractivity contribution >= 4 is 44.0 Å². The minimum absolute atomic E-state index is 0.984. The van der Waals surface area contributed by atoms with E-state index in [2.05, 4.69) is 41.8 Å². The Morgan fingerprint density at radius 2 is 1.87 bits per heavy atom. The van der Waals surface area contributed by atoms with Crippen molar-refractivity contribution in [2.45, 2.75) is 0 Å². The summed E-state index contributed by atoms with van der Waals surface area (Å²) < 4.78 is 2.13. The summed E-state index contributed by atoms with van der Waals surface area (Å²) in [5.74, 6) is 0. The van der Waals surface area contributed by atoms with Gasteiger partial charge in [0.1, 0.15) is 0 Å². The van der Waals surface area contributed by atoms with E-state index in [1.165, 1.54) is 0 Å². The lowest BCUT2D eigenvalue weighted by Crippen LogP contribution is -1.77. The first-order valence-corrected chi connectivity index (χ1v) is 5.96. The van der Waals surface area contributed by atoms with E-state index in [4.69, 9.17) is 0 Å². The SMILES string of the molecule is Brc1cccc(Br)c1C=Cc1cnc[nH]1. The smallest absolute Gasteiger partial charge is 0.0924 e. The van der Waals surface area contributed by atoms with Crippen LogP contribution in [-0.4, -0.2) is 9.97 Å². The average Bonchev–Trinajstić information content (AvgIpc) is 2.70. The number of halogens is 2. The van der Waals surface area contributed by atoms with Crippen molar-refractivity contribution in [2.75, 3.05) is 0 Å². The van der Waals surface area contributed by atoms with E-state index < -0.39 is 0 Å². The summed E-state index contributed by atoms with van der Waals surface area (Å²) in [4.78, 5) is 6.97. The zero-order valence-corrected chi connectivity index (χ0v) is 10.9. The first-order valence-electron chi connectivity index (χ1n) is 4.38. The minimum Gasteiger partial charge on any atom is -0.345 e. The van der Waals surface area contributed by atoms with Gasteiger partial charge < -0.3 is 4.98 Å². The summed E-state index contributed by atoms with van der Waals surface area (Å²) in [5, 5.41) is 0. The number of aromatic nitrogens is 2. The third kappa shape index (κ3) is 2.58. The first-order chi connectivity index (χ1) is 7.27. The number of aromatic amines is 1. The highest BCUT2D eigenvalue weighted by molar-refractivity contribution is 9.11. The van der Waals surface area contributed by atoms with Crippen LogP contribution in [0.1, 0.15) is 11.3 Å². The van der Waals surface area contributed by atoms with Gasteiger partial charge in [0, 0.05) is 14.5 Å². The van der Waals surface area contributed by atoms with Gasteiger partial charge in [-0.05, 0) is 18.2 Å². The Bertz CT molecular complexity index is 455. The number of imidazole rings is 1. The van der Waals surface area contributed by atoms with Gasteiger partial charge in [0.05, 0.1) is 18.2 Å². The summed E-state index contributed by atoms with van der Waals surface area (Å²) >= 11 is 7.01. The first kappa shape index (κ1) is 10.6. The molecule has 0 aliphatic heterocycles. The van der Waals surface area contributed by atoms with Crippen LogP contribution in [0.4, 0.5) is 0 Å². The predicted octanol–water partition coefficient (Wildman–Crippen LogP) is 4.11. The van der Waals surface area contributed by atoms with Gasteiger partial charge in [-0.25, -0.2) is 4.98 Å². The lowest BCUT2D eigenvalue weighted by Gasteiger charge is -2.00. The fourth-order valence-corrected chi connectivity index (χ4v) is 2.46. The molecule has 0 atom stereocenters. The Morgan fingerprint density at radius 1 is 1.13 bits per heavy atom. The summed E-state index contributed by atoms with van der Waals surface area (Å²) in [6, 6.07) is 6.01. The molecule has 0 radical (unpaired) electrons. The van der Waals surface area contributed by atoms with Gasteiger partial charge in [-0.3, -0.25) is 0 Å². The lowest BCUT2D eigenvalue weighted by molar-refractivity contribution is 1.31. The fraction of sp³-hybridized carbons (Fsp3) is 0. The highest BCUT2D eigenvalue weighted by atomic mass is 79.9. The molecule has 1 aromatic heterocycles. The molecule has 2 nitrogen and oxygen atoms in total. The molecule has 0 saturated carbocycles. The molecule has 0 aliphatic rings. The molecule has 0 spiro atoms. The second-order valence-electron chi connectivity index (χ2n) is 2.98. The van der Waals surface area contributed by atoms with Gasteiger partial charge in [-0.2, -0.15) is 0 Å². The van der Waals surface area contributed by atoms with Gasteiger partial charge >= 0.3 is 0 Å². The summed E-state index contributed by atoms with van der Waals surface area (Å²) in [7, 11) is 0. The van der Waals surface area contributed by atoms with Gasteiger partial charge in [-0.1, -0.05) is 44.0 Å². The summed E-state index contributed by atoms with van der Waals surface area (Å²) in [6.45, 7) is 0. The van der Waals surface area contributed by atoms with Crippen molar-refractivity contribution in [3.8, 4) is 0 Å². The number of hydrogen-bond donors (Lipinski definition) is 1. The molecule has 0 unspecified atom stereocenters. The molecule has 15 heavy (non-hydrogen) atoms. The predicted molar refractivity (Wildman–Crippen MR) is 69.4 cm³/mol. The van der Waals surface area contributed by atoms with Crippen LogP contribution in [0.25, 0.3) is 12.2 Å². The number of hydrogen-bond acceptors (Lipinski definition) is 1. The van der Waals surface area contributed by atoms with Crippen molar-refractivity contribution < 1.29 is 0 Å². The molecule has 0 saturated heterocycles. The Kier molecular flexibility index (Phi) is 3.38. The third-order valence-electron chi connectivity index (χ3n) is 1.95. The maximum absolute atomic E-state index is 3.95. The molecule has 1 N–H and O–H groups in total. The maximum atomic E-state index is 3.95. The number of H-pyrrole nitrogens is 1. The third-order valence-corrected chi connectivity index (χ3v) is 3.33. The molecule has 2 rings (SSSR count). The van der Waals surface area contributed by atoms with Gasteiger partial charge in [-0.15, -0.1) is 0 Å². The molecular formula is C11H8Br2N2. The van der Waals surface area contributed by atoms with Crippen LogP contribution in [-0.2, 0) is 0 Å². The summed E-state index contributed by atoms with van der Waals surface area (Å²) in [5.41, 5.74) is 2.10. The van der Waals surface area contributed by atoms with E-state index in [-0.39, 0.29) is 0 Å². The van der Waals surface area contributed by atoms with Crippen molar-refractivity contribution in [3.05, 3.63) is 50.9 Å². The highest BCUT2D eigenvalue weighted by Gasteiger charge is 1.99. The maximum Gasteiger partial charge on any atom is 0.0924 e. The minimum atomic E-state index is 0.984. The largest absolute Gasteiger partial charge is 0.345 e. The molecule has 0 amide bonds. The zero-order valence-electron chi connectivity index (χ0n) is 7.74. The normalized spacial score (nSPS) is 11.1. The van der Waals surface area contributed by atoms with Crippen LogP contribution in [0.2, 0.25) is 0 Å². The molecule has 76 valence electrons. The quantitative estimate of drug-likeness (QED) is 0.883. The molecular weight excluding hydrogens is 320 g/mol. The Hall–Kier alpha value is -0.870. The second-order valence-corrected chi connectivity index (χ2v) is 4.68. The van der Waals surface area contributed by atoms with Crippen LogP contribution < -0.4 is 0 Å². The van der Waals surface area contributed by atoms with Crippen LogP contribution >= 0.6 is 31.9 Å². The van der Waals surface area contributed by atoms with Crippen LogP contribution in [0.15, 0.2) is 39.7 Å². The summed E-state index contributed by atoms with van der Waals surface area (Å²) in [6.07, 6.45) is 7.45. The van der Waals surface area contributed by atoms with Gasteiger partial charge in [0.15, 0.2) is 0 Å². The number of rotatable bonds is 2. The standard InChI is InChI=1S/C11H8Br2N2/c12-10-2-1-3-11(13)9(10)5-4-8-6-14-7-15-8/h1-7H,(H,14,15). The average molecular weight is 328 g/mol. The molecule has 2 aromatic rings. The fourth-order valence-electron chi connectivity index (χ4n) is 1.20. The van der Waals surface area contributed by atoms with E-state index in [9.17, 15) is 0 Å². The van der Waals surface area contributed by atoms with Crippen LogP contribution in [0, 0.1) is 0 Å². The van der Waals surface area contributed by atoms with E-state index in [0.717, 1.165) is 20.2 Å². The van der Waals surface area contributed by atoms with Crippen molar-refractivity contribution in [1.29, 1.82) is 0 Å². The van der Waals surface area contributed by atoms with Gasteiger partial charge in [0.25, 0.3) is 0 Å². The molecule has 1 heterocycles. The van der Waals surface area contributed by atoms with Gasteiger partial charge in [0.2, 0.25) is 0 Å². The topological polar surface area (TPSA) is 28.7 Å². The lowest BCUT2D eigenvalue weighted by atomic mass is 10.2. The van der Waals surface area contributed by atoms with E-state index in [1.54, 1.807) is 12.5 Å². The Balaban J connectivity index is 2.32. The van der Waals surface area contributed by atoms with Crippen LogP contribution in [0.5, 0.6) is 0 Å². The van der Waals surface area contributed by atoms with Crippen LogP contribution in [0.3, 0.4) is 0 Å². The number of nitrogens with one attached hydrogen (secondary N) is 1. The molecule has 1 aromatic carbocycles. The monoisotopic (exact) mass is 326 g/mol.